The number of piperidine rings is 1. The van der Waals surface area contributed by atoms with Crippen LogP contribution in [0.25, 0.3) is 0 Å². The summed E-state index contributed by atoms with van der Waals surface area (Å²) in [5, 5.41) is 7.47. The minimum atomic E-state index is -0.784. The molecule has 0 aromatic heterocycles. The molecule has 3 N–H and O–H groups in total. The average Bonchev–Trinajstić information content (AvgIpc) is 2.44. The zero-order valence-electron chi connectivity index (χ0n) is 11.5. The molecule has 0 aliphatic carbocycles. The van der Waals surface area contributed by atoms with E-state index in [4.69, 9.17) is 0 Å². The standard InChI is InChI=1S/C14H16FN3O3/c1-2-16-12-8(4-3-5-9(12)15)13(20)17-10-6-7-11(19)18-14(10)21/h3-5,10,16H,2,6-7H2,1H3,(H,17,20)(H,18,19,21). The van der Waals surface area contributed by atoms with Gasteiger partial charge in [0.2, 0.25) is 11.8 Å². The first-order valence-electron chi connectivity index (χ1n) is 6.70. The quantitative estimate of drug-likeness (QED) is 0.716. The molecular weight excluding hydrogens is 277 g/mol. The van der Waals surface area contributed by atoms with E-state index in [2.05, 4.69) is 16.0 Å². The number of carbonyl (C=O) groups is 3. The van der Waals surface area contributed by atoms with Crippen LogP contribution in [0.5, 0.6) is 0 Å². The predicted octanol–water partition coefficient (Wildman–Crippen LogP) is 0.792. The second-order valence-electron chi connectivity index (χ2n) is 4.67. The number of amides is 3. The largest absolute Gasteiger partial charge is 0.382 e. The van der Waals surface area contributed by atoms with E-state index in [0.717, 1.165) is 0 Å². The molecule has 6 nitrogen and oxygen atoms in total. The Kier molecular flexibility index (Phi) is 4.52. The van der Waals surface area contributed by atoms with Crippen molar-refractivity contribution < 1.29 is 18.8 Å². The number of rotatable bonds is 4. The molecular formula is C14H16FN3O3. The number of imide groups is 1. The summed E-state index contributed by atoms with van der Waals surface area (Å²) in [6.45, 7) is 2.24. The summed E-state index contributed by atoms with van der Waals surface area (Å²) in [5.74, 6) is -1.99. The summed E-state index contributed by atoms with van der Waals surface area (Å²) in [4.78, 5) is 34.9. The van der Waals surface area contributed by atoms with Gasteiger partial charge in [-0.1, -0.05) is 6.07 Å². The smallest absolute Gasteiger partial charge is 0.254 e. The molecule has 1 fully saturated rings. The van der Waals surface area contributed by atoms with Crippen molar-refractivity contribution in [2.75, 3.05) is 11.9 Å². The van der Waals surface area contributed by atoms with Gasteiger partial charge in [-0.05, 0) is 25.5 Å². The highest BCUT2D eigenvalue weighted by molar-refractivity contribution is 6.05. The Morgan fingerprint density at radius 2 is 2.19 bits per heavy atom. The fourth-order valence-electron chi connectivity index (χ4n) is 2.14. The molecule has 2 rings (SSSR count). The molecule has 112 valence electrons. The molecule has 7 heteroatoms. The molecule has 1 unspecified atom stereocenters. The lowest BCUT2D eigenvalue weighted by Gasteiger charge is -2.22. The Bertz CT molecular complexity index is 589. The molecule has 0 spiro atoms. The summed E-state index contributed by atoms with van der Waals surface area (Å²) >= 11 is 0. The normalized spacial score (nSPS) is 18.1. The molecule has 1 aliphatic heterocycles. The fourth-order valence-corrected chi connectivity index (χ4v) is 2.14. The first-order valence-corrected chi connectivity index (χ1v) is 6.70. The fraction of sp³-hybridized carbons (Fsp3) is 0.357. The lowest BCUT2D eigenvalue weighted by molar-refractivity contribution is -0.134. The first kappa shape index (κ1) is 15.0. The summed E-state index contributed by atoms with van der Waals surface area (Å²) in [6.07, 6.45) is 0.405. The minimum Gasteiger partial charge on any atom is -0.382 e. The molecule has 0 radical (unpaired) electrons. The van der Waals surface area contributed by atoms with Crippen LogP contribution < -0.4 is 16.0 Å². The maximum Gasteiger partial charge on any atom is 0.254 e. The van der Waals surface area contributed by atoms with Gasteiger partial charge in [0.1, 0.15) is 11.9 Å². The molecule has 0 bridgehead atoms. The molecule has 1 aliphatic rings. The van der Waals surface area contributed by atoms with Crippen molar-refractivity contribution in [3.05, 3.63) is 29.6 Å². The third kappa shape index (κ3) is 3.36. The maximum atomic E-state index is 13.7. The van der Waals surface area contributed by atoms with E-state index in [-0.39, 0.29) is 30.0 Å². The third-order valence-corrected chi connectivity index (χ3v) is 3.16. The van der Waals surface area contributed by atoms with Crippen LogP contribution in [0.2, 0.25) is 0 Å². The van der Waals surface area contributed by atoms with Crippen molar-refractivity contribution >= 4 is 23.4 Å². The van der Waals surface area contributed by atoms with Gasteiger partial charge in [0.05, 0.1) is 11.3 Å². The number of benzene rings is 1. The van der Waals surface area contributed by atoms with Gasteiger partial charge >= 0.3 is 0 Å². The Morgan fingerprint density at radius 3 is 2.86 bits per heavy atom. The number of hydrogen-bond acceptors (Lipinski definition) is 4. The number of halogens is 1. The van der Waals surface area contributed by atoms with Crippen molar-refractivity contribution in [3.63, 3.8) is 0 Å². The summed E-state index contributed by atoms with van der Waals surface area (Å²) in [6, 6.07) is 3.37. The first-order chi connectivity index (χ1) is 10.0. The van der Waals surface area contributed by atoms with Gasteiger partial charge in [0.25, 0.3) is 5.91 Å². The van der Waals surface area contributed by atoms with Gasteiger partial charge in [-0.15, -0.1) is 0 Å². The topological polar surface area (TPSA) is 87.3 Å². The number of carbonyl (C=O) groups excluding carboxylic acids is 3. The van der Waals surface area contributed by atoms with Crippen molar-refractivity contribution in [2.45, 2.75) is 25.8 Å². The van der Waals surface area contributed by atoms with E-state index in [0.29, 0.717) is 6.54 Å². The van der Waals surface area contributed by atoms with Crippen molar-refractivity contribution in [1.82, 2.24) is 10.6 Å². The van der Waals surface area contributed by atoms with Crippen LogP contribution in [-0.4, -0.2) is 30.3 Å². The average molecular weight is 293 g/mol. The molecule has 1 aromatic carbocycles. The predicted molar refractivity (Wildman–Crippen MR) is 74.2 cm³/mol. The molecule has 21 heavy (non-hydrogen) atoms. The number of para-hydroxylation sites is 1. The lowest BCUT2D eigenvalue weighted by atomic mass is 10.0. The zero-order valence-corrected chi connectivity index (χ0v) is 11.5. The molecule has 1 saturated heterocycles. The van der Waals surface area contributed by atoms with E-state index in [1.807, 2.05) is 0 Å². The van der Waals surface area contributed by atoms with E-state index in [1.165, 1.54) is 18.2 Å². The van der Waals surface area contributed by atoms with Crippen molar-refractivity contribution in [3.8, 4) is 0 Å². The minimum absolute atomic E-state index is 0.102. The SMILES string of the molecule is CCNc1c(F)cccc1C(=O)NC1CCC(=O)NC1=O. The van der Waals surface area contributed by atoms with Crippen LogP contribution in [0, 0.1) is 5.82 Å². The Hall–Kier alpha value is -2.44. The third-order valence-electron chi connectivity index (χ3n) is 3.16. The Balaban J connectivity index is 2.15. The Labute approximate surface area is 121 Å². The van der Waals surface area contributed by atoms with Gasteiger partial charge in [0.15, 0.2) is 0 Å². The van der Waals surface area contributed by atoms with Crippen LogP contribution in [0.3, 0.4) is 0 Å². The van der Waals surface area contributed by atoms with Gasteiger partial charge in [-0.2, -0.15) is 0 Å². The molecule has 1 heterocycles. The molecule has 0 saturated carbocycles. The second kappa shape index (κ2) is 6.34. The van der Waals surface area contributed by atoms with E-state index < -0.39 is 23.7 Å². The van der Waals surface area contributed by atoms with Crippen LogP contribution >= 0.6 is 0 Å². The number of hydrogen-bond donors (Lipinski definition) is 3. The zero-order chi connectivity index (χ0) is 15.4. The number of anilines is 1. The van der Waals surface area contributed by atoms with Crippen LogP contribution in [0.1, 0.15) is 30.1 Å². The van der Waals surface area contributed by atoms with Gasteiger partial charge < -0.3 is 10.6 Å². The summed E-state index contributed by atoms with van der Waals surface area (Å²) in [5.41, 5.74) is 0.228. The second-order valence-corrected chi connectivity index (χ2v) is 4.67. The van der Waals surface area contributed by atoms with E-state index in [9.17, 15) is 18.8 Å². The van der Waals surface area contributed by atoms with Gasteiger partial charge in [-0.25, -0.2) is 4.39 Å². The lowest BCUT2D eigenvalue weighted by Crippen LogP contribution is -2.52. The van der Waals surface area contributed by atoms with E-state index >= 15 is 0 Å². The highest BCUT2D eigenvalue weighted by Crippen LogP contribution is 2.20. The summed E-state index contributed by atoms with van der Waals surface area (Å²) < 4.78 is 13.7. The van der Waals surface area contributed by atoms with Crippen LogP contribution in [0.4, 0.5) is 10.1 Å². The van der Waals surface area contributed by atoms with Crippen molar-refractivity contribution in [1.29, 1.82) is 0 Å². The summed E-state index contributed by atoms with van der Waals surface area (Å²) in [7, 11) is 0. The van der Waals surface area contributed by atoms with Crippen molar-refractivity contribution in [2.24, 2.45) is 0 Å². The van der Waals surface area contributed by atoms with Crippen LogP contribution in [-0.2, 0) is 9.59 Å². The highest BCUT2D eigenvalue weighted by Gasteiger charge is 2.28. The highest BCUT2D eigenvalue weighted by atomic mass is 19.1. The number of nitrogens with one attached hydrogen (secondary N) is 3. The molecule has 3 amide bonds. The monoisotopic (exact) mass is 293 g/mol. The van der Waals surface area contributed by atoms with Crippen LogP contribution in [0.15, 0.2) is 18.2 Å². The van der Waals surface area contributed by atoms with Gasteiger partial charge in [0, 0.05) is 13.0 Å². The van der Waals surface area contributed by atoms with E-state index in [1.54, 1.807) is 6.92 Å². The maximum absolute atomic E-state index is 13.7. The Morgan fingerprint density at radius 1 is 1.43 bits per heavy atom. The molecule has 1 atom stereocenters. The molecule has 1 aromatic rings. The van der Waals surface area contributed by atoms with Gasteiger partial charge in [-0.3, -0.25) is 19.7 Å².